The van der Waals surface area contributed by atoms with Gasteiger partial charge < -0.3 is 10.2 Å². The van der Waals surface area contributed by atoms with Crippen LogP contribution in [0.5, 0.6) is 0 Å². The van der Waals surface area contributed by atoms with Crippen LogP contribution in [0.3, 0.4) is 0 Å². The van der Waals surface area contributed by atoms with Crippen LogP contribution in [0, 0.1) is 0 Å². The van der Waals surface area contributed by atoms with E-state index in [1.807, 2.05) is 84.9 Å². The van der Waals surface area contributed by atoms with Gasteiger partial charge >= 0.3 is 11.9 Å². The number of hydrogen-bond acceptors (Lipinski definition) is 2. The molecule has 0 saturated carbocycles. The number of benzene rings is 3. The molecule has 0 amide bonds. The standard InChI is InChI=1S/C28H18O4/c29-27(30)25-15-19(21-5-1-3-7-23(21)25)13-17-9-11-18(12-10-17)14-20-16-26(28(31)32)24-8-4-2-6-22(20)24/h1-16H,(H,29,30)(H,31,32)/b19-13+,20-14+. The second-order valence-electron chi connectivity index (χ2n) is 7.68. The molecule has 32 heavy (non-hydrogen) atoms. The summed E-state index contributed by atoms with van der Waals surface area (Å²) in [4.78, 5) is 23.2. The summed E-state index contributed by atoms with van der Waals surface area (Å²) in [7, 11) is 0. The molecule has 2 aliphatic carbocycles. The lowest BCUT2D eigenvalue weighted by Crippen LogP contribution is -1.97. The molecule has 0 heterocycles. The predicted molar refractivity (Wildman–Crippen MR) is 126 cm³/mol. The van der Waals surface area contributed by atoms with Crippen molar-refractivity contribution in [2.24, 2.45) is 0 Å². The van der Waals surface area contributed by atoms with Crippen molar-refractivity contribution in [3.8, 4) is 0 Å². The molecule has 5 rings (SSSR count). The quantitative estimate of drug-likeness (QED) is 0.567. The number of carboxylic acids is 2. The first-order valence-electron chi connectivity index (χ1n) is 10.1. The highest BCUT2D eigenvalue weighted by atomic mass is 16.4. The highest BCUT2D eigenvalue weighted by Crippen LogP contribution is 2.38. The maximum Gasteiger partial charge on any atom is 0.336 e. The topological polar surface area (TPSA) is 74.6 Å². The second-order valence-corrected chi connectivity index (χ2v) is 7.68. The Morgan fingerprint density at radius 2 is 0.875 bits per heavy atom. The van der Waals surface area contributed by atoms with Gasteiger partial charge in [0.05, 0.1) is 11.1 Å². The molecular formula is C28H18O4. The average Bonchev–Trinajstić information content (AvgIpc) is 3.35. The van der Waals surface area contributed by atoms with Gasteiger partial charge in [0.15, 0.2) is 0 Å². The summed E-state index contributed by atoms with van der Waals surface area (Å²) < 4.78 is 0. The summed E-state index contributed by atoms with van der Waals surface area (Å²) in [6.45, 7) is 0. The minimum absolute atomic E-state index is 0.300. The van der Waals surface area contributed by atoms with Gasteiger partial charge in [0.2, 0.25) is 0 Å². The van der Waals surface area contributed by atoms with Crippen molar-refractivity contribution in [1.29, 1.82) is 0 Å². The fraction of sp³-hybridized carbons (Fsp3) is 0. The third-order valence-electron chi connectivity index (χ3n) is 5.70. The molecule has 0 fully saturated rings. The van der Waals surface area contributed by atoms with Gasteiger partial charge in [-0.2, -0.15) is 0 Å². The maximum atomic E-state index is 11.6. The van der Waals surface area contributed by atoms with Crippen LogP contribution in [-0.4, -0.2) is 22.2 Å². The van der Waals surface area contributed by atoms with E-state index in [1.54, 1.807) is 12.2 Å². The molecule has 2 N–H and O–H groups in total. The lowest BCUT2D eigenvalue weighted by Gasteiger charge is -2.04. The van der Waals surface area contributed by atoms with Gasteiger partial charge in [-0.15, -0.1) is 0 Å². The number of rotatable bonds is 4. The Morgan fingerprint density at radius 3 is 1.22 bits per heavy atom. The summed E-state index contributed by atoms with van der Waals surface area (Å²) in [6, 6.07) is 22.9. The van der Waals surface area contributed by atoms with Crippen LogP contribution in [0.2, 0.25) is 0 Å². The fourth-order valence-corrected chi connectivity index (χ4v) is 4.20. The molecule has 0 bridgehead atoms. The van der Waals surface area contributed by atoms with E-state index in [-0.39, 0.29) is 0 Å². The average molecular weight is 418 g/mol. The van der Waals surface area contributed by atoms with E-state index in [4.69, 9.17) is 0 Å². The van der Waals surface area contributed by atoms with Crippen LogP contribution in [0.4, 0.5) is 0 Å². The van der Waals surface area contributed by atoms with E-state index < -0.39 is 11.9 Å². The Balaban J connectivity index is 1.48. The van der Waals surface area contributed by atoms with Crippen molar-refractivity contribution < 1.29 is 19.8 Å². The van der Waals surface area contributed by atoms with Crippen LogP contribution in [0.25, 0.3) is 34.4 Å². The normalized spacial score (nSPS) is 16.5. The van der Waals surface area contributed by atoms with E-state index in [9.17, 15) is 19.8 Å². The van der Waals surface area contributed by atoms with E-state index >= 15 is 0 Å². The molecule has 4 nitrogen and oxygen atoms in total. The van der Waals surface area contributed by atoms with Crippen molar-refractivity contribution in [3.63, 3.8) is 0 Å². The van der Waals surface area contributed by atoms with Crippen LogP contribution in [0.15, 0.2) is 84.9 Å². The van der Waals surface area contributed by atoms with Gasteiger partial charge in [-0.1, -0.05) is 72.8 Å². The Hall–Kier alpha value is -4.44. The highest BCUT2D eigenvalue weighted by Gasteiger charge is 2.23. The van der Waals surface area contributed by atoms with Gasteiger partial charge in [0.1, 0.15) is 0 Å². The molecule has 3 aromatic carbocycles. The van der Waals surface area contributed by atoms with Gasteiger partial charge in [-0.3, -0.25) is 0 Å². The number of allylic oxidation sites excluding steroid dienone is 4. The SMILES string of the molecule is O=C(O)C1=C/C(=C\c2ccc(/C=C3\C=C(C(=O)O)c4ccccc43)cc2)c2ccccc21. The van der Waals surface area contributed by atoms with Crippen LogP contribution in [0.1, 0.15) is 33.4 Å². The Labute approximate surface area is 184 Å². The van der Waals surface area contributed by atoms with Crippen LogP contribution < -0.4 is 0 Å². The molecule has 3 aromatic rings. The van der Waals surface area contributed by atoms with Gasteiger partial charge in [-0.25, -0.2) is 9.59 Å². The summed E-state index contributed by atoms with van der Waals surface area (Å²) in [5, 5.41) is 19.0. The van der Waals surface area contributed by atoms with Crippen molar-refractivity contribution in [2.45, 2.75) is 0 Å². The summed E-state index contributed by atoms with van der Waals surface area (Å²) >= 11 is 0. The number of aliphatic carboxylic acids is 2. The smallest absolute Gasteiger partial charge is 0.336 e. The molecular weight excluding hydrogens is 400 g/mol. The summed E-state index contributed by atoms with van der Waals surface area (Å²) in [6.07, 6.45) is 7.35. The molecule has 0 unspecified atom stereocenters. The zero-order valence-corrected chi connectivity index (χ0v) is 16.9. The van der Waals surface area contributed by atoms with E-state index in [0.717, 1.165) is 44.5 Å². The number of carbonyl (C=O) groups is 2. The maximum absolute atomic E-state index is 11.6. The lowest BCUT2D eigenvalue weighted by atomic mass is 10.0. The first-order valence-corrected chi connectivity index (χ1v) is 10.1. The molecule has 0 aromatic heterocycles. The van der Waals surface area contributed by atoms with Gasteiger partial charge in [-0.05, 0) is 68.8 Å². The van der Waals surface area contributed by atoms with Crippen molar-refractivity contribution in [1.82, 2.24) is 0 Å². The molecule has 0 spiro atoms. The Bertz CT molecular complexity index is 1290. The highest BCUT2D eigenvalue weighted by molar-refractivity contribution is 6.24. The minimum Gasteiger partial charge on any atom is -0.478 e. The minimum atomic E-state index is -0.937. The van der Waals surface area contributed by atoms with Gasteiger partial charge in [0.25, 0.3) is 0 Å². The predicted octanol–water partition coefficient (Wildman–Crippen LogP) is 5.73. The molecule has 0 radical (unpaired) electrons. The number of carboxylic acid groups (broad SMARTS) is 2. The van der Waals surface area contributed by atoms with Gasteiger partial charge in [0, 0.05) is 0 Å². The van der Waals surface area contributed by atoms with Crippen molar-refractivity contribution >= 4 is 46.4 Å². The molecule has 2 aliphatic rings. The zero-order chi connectivity index (χ0) is 22.2. The third-order valence-corrected chi connectivity index (χ3v) is 5.70. The van der Waals surface area contributed by atoms with Crippen molar-refractivity contribution in [3.05, 3.63) is 118 Å². The van der Waals surface area contributed by atoms with Crippen molar-refractivity contribution in [2.75, 3.05) is 0 Å². The second kappa shape index (κ2) is 7.67. The number of hydrogen-bond donors (Lipinski definition) is 2. The van der Waals surface area contributed by atoms with E-state index in [1.165, 1.54) is 0 Å². The molecule has 0 saturated heterocycles. The lowest BCUT2D eigenvalue weighted by molar-refractivity contribution is -0.131. The van der Waals surface area contributed by atoms with Crippen LogP contribution in [-0.2, 0) is 9.59 Å². The zero-order valence-electron chi connectivity index (χ0n) is 16.9. The first-order chi connectivity index (χ1) is 15.5. The Morgan fingerprint density at radius 1 is 0.531 bits per heavy atom. The van der Waals surface area contributed by atoms with E-state index in [2.05, 4.69) is 0 Å². The fourth-order valence-electron chi connectivity index (χ4n) is 4.20. The molecule has 154 valence electrons. The molecule has 0 atom stereocenters. The van der Waals surface area contributed by atoms with Crippen LogP contribution >= 0.6 is 0 Å². The molecule has 0 aliphatic heterocycles. The summed E-state index contributed by atoms with van der Waals surface area (Å²) in [5.74, 6) is -1.87. The first kappa shape index (κ1) is 19.5. The van der Waals surface area contributed by atoms with E-state index in [0.29, 0.717) is 11.1 Å². The third kappa shape index (κ3) is 3.38. The summed E-state index contributed by atoms with van der Waals surface area (Å²) in [5.41, 5.74) is 7.51. The Kier molecular flexibility index (Phi) is 4.68. The largest absolute Gasteiger partial charge is 0.478 e. The number of fused-ring (bicyclic) bond motifs is 2. The monoisotopic (exact) mass is 418 g/mol. The molecule has 4 heteroatoms.